The predicted octanol–water partition coefficient (Wildman–Crippen LogP) is 4.18. The van der Waals surface area contributed by atoms with Gasteiger partial charge in [-0.05, 0) is 37.6 Å². The number of thiophene rings is 1. The summed E-state index contributed by atoms with van der Waals surface area (Å²) in [6.45, 7) is 3.99. The lowest BCUT2D eigenvalue weighted by atomic mass is 10.1. The van der Waals surface area contributed by atoms with Crippen molar-refractivity contribution in [1.29, 1.82) is 0 Å². The van der Waals surface area contributed by atoms with Gasteiger partial charge in [0.1, 0.15) is 16.3 Å². The van der Waals surface area contributed by atoms with E-state index in [0.717, 1.165) is 27.2 Å². The lowest BCUT2D eigenvalue weighted by Gasteiger charge is -2.09. The minimum atomic E-state index is -0.216. The first-order valence-corrected chi connectivity index (χ1v) is 8.29. The van der Waals surface area contributed by atoms with Gasteiger partial charge in [0.05, 0.1) is 19.9 Å². The quantitative estimate of drug-likeness (QED) is 0.772. The van der Waals surface area contributed by atoms with Crippen molar-refractivity contribution in [3.8, 4) is 11.5 Å². The van der Waals surface area contributed by atoms with E-state index in [2.05, 4.69) is 10.3 Å². The van der Waals surface area contributed by atoms with Gasteiger partial charge < -0.3 is 14.8 Å². The molecule has 2 aromatic heterocycles. The van der Waals surface area contributed by atoms with Crippen molar-refractivity contribution < 1.29 is 14.3 Å². The molecule has 124 valence electrons. The lowest BCUT2D eigenvalue weighted by molar-refractivity contribution is 0.102. The van der Waals surface area contributed by atoms with Crippen molar-refractivity contribution >= 4 is 33.1 Å². The van der Waals surface area contributed by atoms with Crippen molar-refractivity contribution in [3.05, 3.63) is 46.5 Å². The molecule has 0 bridgehead atoms. The van der Waals surface area contributed by atoms with E-state index in [9.17, 15) is 4.79 Å². The highest BCUT2D eigenvalue weighted by atomic mass is 32.1. The van der Waals surface area contributed by atoms with Crippen molar-refractivity contribution in [2.75, 3.05) is 19.5 Å². The fourth-order valence-electron chi connectivity index (χ4n) is 2.61. The molecule has 1 aromatic carbocycles. The Hall–Kier alpha value is -2.60. The number of methoxy groups -OCH3 is 2. The molecule has 0 saturated carbocycles. The van der Waals surface area contributed by atoms with Crippen LogP contribution in [0, 0.1) is 13.8 Å². The number of rotatable bonds is 4. The summed E-state index contributed by atoms with van der Waals surface area (Å²) in [5.74, 6) is 0.929. The summed E-state index contributed by atoms with van der Waals surface area (Å²) in [5, 5.41) is 5.86. The second-order valence-corrected chi connectivity index (χ2v) is 6.32. The van der Waals surface area contributed by atoms with Gasteiger partial charge in [-0.25, -0.2) is 4.98 Å². The summed E-state index contributed by atoms with van der Waals surface area (Å²) in [4.78, 5) is 18.1. The number of hydrogen-bond donors (Lipinski definition) is 1. The Labute approximate surface area is 144 Å². The van der Waals surface area contributed by atoms with Gasteiger partial charge in [-0.2, -0.15) is 0 Å². The molecule has 0 radical (unpaired) electrons. The van der Waals surface area contributed by atoms with Gasteiger partial charge in [0, 0.05) is 28.1 Å². The van der Waals surface area contributed by atoms with Crippen molar-refractivity contribution in [1.82, 2.24) is 4.98 Å². The lowest BCUT2D eigenvalue weighted by Crippen LogP contribution is -2.12. The molecule has 2 heterocycles. The maximum absolute atomic E-state index is 12.6. The number of carbonyl (C=O) groups excluding carboxylic acids is 1. The largest absolute Gasteiger partial charge is 0.497 e. The minimum absolute atomic E-state index is 0.216. The standard InChI is InChI=1S/C18H18N2O3S/c1-10-5-11(2)19-18-16(10)15(9-24-18)20-17(21)12-6-13(22-3)8-14(7-12)23-4/h5-9H,1-4H3,(H,20,21). The first-order valence-electron chi connectivity index (χ1n) is 7.41. The molecule has 0 aliphatic rings. The van der Waals surface area contributed by atoms with E-state index >= 15 is 0 Å². The normalized spacial score (nSPS) is 10.7. The molecule has 0 aliphatic carbocycles. The number of benzene rings is 1. The zero-order valence-electron chi connectivity index (χ0n) is 14.0. The van der Waals surface area contributed by atoms with Gasteiger partial charge >= 0.3 is 0 Å². The molecule has 5 nitrogen and oxygen atoms in total. The molecule has 1 N–H and O–H groups in total. The molecule has 6 heteroatoms. The van der Waals surface area contributed by atoms with Crippen LogP contribution in [0.4, 0.5) is 5.69 Å². The molecular weight excluding hydrogens is 324 g/mol. The van der Waals surface area contributed by atoms with Crippen LogP contribution >= 0.6 is 11.3 Å². The maximum atomic E-state index is 12.6. The first kappa shape index (κ1) is 16.3. The number of fused-ring (bicyclic) bond motifs is 1. The fraction of sp³-hybridized carbons (Fsp3) is 0.222. The van der Waals surface area contributed by atoms with Gasteiger partial charge in [0.25, 0.3) is 5.91 Å². The number of carbonyl (C=O) groups is 1. The number of pyridine rings is 1. The van der Waals surface area contributed by atoms with Crippen LogP contribution in [0.15, 0.2) is 29.6 Å². The van der Waals surface area contributed by atoms with Crippen LogP contribution in [0.1, 0.15) is 21.6 Å². The summed E-state index contributed by atoms with van der Waals surface area (Å²) < 4.78 is 10.4. The molecule has 0 fully saturated rings. The van der Waals surface area contributed by atoms with Crippen molar-refractivity contribution in [2.45, 2.75) is 13.8 Å². The average molecular weight is 342 g/mol. The molecule has 0 atom stereocenters. The monoisotopic (exact) mass is 342 g/mol. The molecule has 1 amide bonds. The third-order valence-corrected chi connectivity index (χ3v) is 4.60. The Bertz CT molecular complexity index is 896. The highest BCUT2D eigenvalue weighted by molar-refractivity contribution is 7.17. The third kappa shape index (κ3) is 3.05. The van der Waals surface area contributed by atoms with Gasteiger partial charge in [0.2, 0.25) is 0 Å². The summed E-state index contributed by atoms with van der Waals surface area (Å²) in [6, 6.07) is 7.11. The Balaban J connectivity index is 1.96. The summed E-state index contributed by atoms with van der Waals surface area (Å²) in [7, 11) is 3.11. The zero-order valence-corrected chi connectivity index (χ0v) is 14.8. The van der Waals surface area contributed by atoms with Crippen LogP contribution in [0.2, 0.25) is 0 Å². The van der Waals surface area contributed by atoms with E-state index in [-0.39, 0.29) is 5.91 Å². The maximum Gasteiger partial charge on any atom is 0.255 e. The summed E-state index contributed by atoms with van der Waals surface area (Å²) >= 11 is 1.52. The van der Waals surface area contributed by atoms with Crippen LogP contribution in [0.3, 0.4) is 0 Å². The predicted molar refractivity (Wildman–Crippen MR) is 96.6 cm³/mol. The molecule has 24 heavy (non-hydrogen) atoms. The average Bonchev–Trinajstić information content (AvgIpc) is 2.97. The Morgan fingerprint density at radius 3 is 2.38 bits per heavy atom. The fourth-order valence-corrected chi connectivity index (χ4v) is 3.61. The van der Waals surface area contributed by atoms with Gasteiger partial charge in [-0.1, -0.05) is 0 Å². The van der Waals surface area contributed by atoms with E-state index in [4.69, 9.17) is 9.47 Å². The highest BCUT2D eigenvalue weighted by Gasteiger charge is 2.14. The Kier molecular flexibility index (Phi) is 4.40. The number of hydrogen-bond acceptors (Lipinski definition) is 5. The van der Waals surface area contributed by atoms with Gasteiger partial charge in [-0.3, -0.25) is 4.79 Å². The molecule has 0 saturated heterocycles. The smallest absolute Gasteiger partial charge is 0.255 e. The van der Waals surface area contributed by atoms with E-state index in [0.29, 0.717) is 17.1 Å². The number of anilines is 1. The first-order chi connectivity index (χ1) is 11.5. The zero-order chi connectivity index (χ0) is 17.3. The van der Waals surface area contributed by atoms with Crippen LogP contribution in [-0.4, -0.2) is 25.1 Å². The molecule has 0 spiro atoms. The van der Waals surface area contributed by atoms with Crippen molar-refractivity contribution in [2.24, 2.45) is 0 Å². The van der Waals surface area contributed by atoms with Crippen LogP contribution in [0.25, 0.3) is 10.2 Å². The molecule has 3 rings (SSSR count). The number of aromatic nitrogens is 1. The minimum Gasteiger partial charge on any atom is -0.497 e. The third-order valence-electron chi connectivity index (χ3n) is 3.73. The van der Waals surface area contributed by atoms with Crippen LogP contribution in [0.5, 0.6) is 11.5 Å². The number of nitrogens with zero attached hydrogens (tertiary/aromatic N) is 1. The van der Waals surface area contributed by atoms with Crippen LogP contribution in [-0.2, 0) is 0 Å². The topological polar surface area (TPSA) is 60.5 Å². The van der Waals surface area contributed by atoms with E-state index in [1.165, 1.54) is 11.3 Å². The van der Waals surface area contributed by atoms with Gasteiger partial charge in [0.15, 0.2) is 0 Å². The summed E-state index contributed by atoms with van der Waals surface area (Å²) in [5.41, 5.74) is 3.31. The number of nitrogens with one attached hydrogen (secondary N) is 1. The molecule has 0 aliphatic heterocycles. The van der Waals surface area contributed by atoms with E-state index in [1.54, 1.807) is 32.4 Å². The second kappa shape index (κ2) is 6.49. The van der Waals surface area contributed by atoms with Crippen molar-refractivity contribution in [3.63, 3.8) is 0 Å². The van der Waals surface area contributed by atoms with Gasteiger partial charge in [-0.15, -0.1) is 11.3 Å². The number of amides is 1. The van der Waals surface area contributed by atoms with E-state index in [1.807, 2.05) is 25.3 Å². The SMILES string of the molecule is COc1cc(OC)cc(C(=O)Nc2csc3nc(C)cc(C)c23)c1. The highest BCUT2D eigenvalue weighted by Crippen LogP contribution is 2.32. The number of ether oxygens (including phenoxy) is 2. The molecule has 0 unspecified atom stereocenters. The van der Waals surface area contributed by atoms with Crippen LogP contribution < -0.4 is 14.8 Å². The Morgan fingerprint density at radius 2 is 1.75 bits per heavy atom. The van der Waals surface area contributed by atoms with E-state index < -0.39 is 0 Å². The number of aryl methyl sites for hydroxylation is 2. The molecule has 3 aromatic rings. The second-order valence-electron chi connectivity index (χ2n) is 5.47. The summed E-state index contributed by atoms with van der Waals surface area (Å²) in [6.07, 6.45) is 0. The Morgan fingerprint density at radius 1 is 1.08 bits per heavy atom. The molecular formula is C18H18N2O3S.